The molecule has 0 saturated carbocycles. The highest BCUT2D eigenvalue weighted by Crippen LogP contribution is 2.37. The van der Waals surface area contributed by atoms with E-state index in [1.54, 1.807) is 0 Å². The third-order valence-corrected chi connectivity index (χ3v) is 3.19. The number of rotatable bonds is 1. The second-order valence-corrected chi connectivity index (χ2v) is 4.82. The Morgan fingerprint density at radius 1 is 1.47 bits per heavy atom. The van der Waals surface area contributed by atoms with Crippen LogP contribution in [0.2, 0.25) is 0 Å². The minimum absolute atomic E-state index is 0.155. The highest BCUT2D eigenvalue weighted by Gasteiger charge is 2.34. The summed E-state index contributed by atoms with van der Waals surface area (Å²) in [7, 11) is 2.01. The Morgan fingerprint density at radius 2 is 2.13 bits per heavy atom. The van der Waals surface area contributed by atoms with Crippen LogP contribution in [-0.2, 0) is 7.05 Å². The SMILES string of the molecule is CCN1c2c(c(C)nn2C)NCC1(C)C. The number of anilines is 2. The number of nitrogens with one attached hydrogen (secondary N) is 1. The summed E-state index contributed by atoms with van der Waals surface area (Å²) in [5.41, 5.74) is 2.43. The van der Waals surface area contributed by atoms with Gasteiger partial charge in [0.05, 0.1) is 11.2 Å². The first-order valence-electron chi connectivity index (χ1n) is 5.52. The molecule has 1 N–H and O–H groups in total. The number of likely N-dealkylation sites (N-methyl/N-ethyl adjacent to an activating group) is 1. The average molecular weight is 208 g/mol. The van der Waals surface area contributed by atoms with Gasteiger partial charge in [0.2, 0.25) is 0 Å². The normalized spacial score (nSPS) is 18.6. The van der Waals surface area contributed by atoms with Crippen LogP contribution in [0.4, 0.5) is 11.5 Å². The minimum Gasteiger partial charge on any atom is -0.378 e. The standard InChI is InChI=1S/C11H20N4/c1-6-15-10-9(8(2)13-14(10)5)12-7-11(15,3)4/h12H,6-7H2,1-5H3. The molecule has 4 heteroatoms. The minimum atomic E-state index is 0.155. The molecule has 1 aliphatic rings. The van der Waals surface area contributed by atoms with E-state index < -0.39 is 0 Å². The predicted octanol–water partition coefficient (Wildman–Crippen LogP) is 1.76. The van der Waals surface area contributed by atoms with Gasteiger partial charge in [-0.1, -0.05) is 0 Å². The van der Waals surface area contributed by atoms with Crippen LogP contribution in [0.5, 0.6) is 0 Å². The van der Waals surface area contributed by atoms with Gasteiger partial charge in [0, 0.05) is 20.1 Å². The van der Waals surface area contributed by atoms with Crippen molar-refractivity contribution in [2.45, 2.75) is 33.2 Å². The number of fused-ring (bicyclic) bond motifs is 1. The lowest BCUT2D eigenvalue weighted by atomic mass is 9.99. The van der Waals surface area contributed by atoms with Gasteiger partial charge in [0.1, 0.15) is 5.69 Å². The lowest BCUT2D eigenvalue weighted by molar-refractivity contribution is 0.468. The first kappa shape index (κ1) is 10.3. The maximum absolute atomic E-state index is 4.47. The lowest BCUT2D eigenvalue weighted by Gasteiger charge is -2.43. The van der Waals surface area contributed by atoms with Crippen molar-refractivity contribution in [3.8, 4) is 0 Å². The number of hydrogen-bond acceptors (Lipinski definition) is 3. The zero-order chi connectivity index (χ0) is 11.2. The van der Waals surface area contributed by atoms with Gasteiger partial charge < -0.3 is 10.2 Å². The molecule has 0 spiro atoms. The van der Waals surface area contributed by atoms with E-state index in [1.807, 2.05) is 11.7 Å². The van der Waals surface area contributed by atoms with Crippen LogP contribution < -0.4 is 10.2 Å². The van der Waals surface area contributed by atoms with Crippen LogP contribution in [0.3, 0.4) is 0 Å². The summed E-state index contributed by atoms with van der Waals surface area (Å²) in [6.07, 6.45) is 0. The summed E-state index contributed by atoms with van der Waals surface area (Å²) >= 11 is 0. The largest absolute Gasteiger partial charge is 0.378 e. The van der Waals surface area contributed by atoms with Crippen molar-refractivity contribution in [1.82, 2.24) is 9.78 Å². The fourth-order valence-electron chi connectivity index (χ4n) is 2.43. The number of aromatic nitrogens is 2. The summed E-state index contributed by atoms with van der Waals surface area (Å²) < 4.78 is 1.97. The first-order chi connectivity index (χ1) is 6.97. The highest BCUT2D eigenvalue weighted by molar-refractivity contribution is 5.72. The molecular formula is C11H20N4. The van der Waals surface area contributed by atoms with E-state index in [0.717, 1.165) is 18.8 Å². The van der Waals surface area contributed by atoms with Crippen molar-refractivity contribution in [3.05, 3.63) is 5.69 Å². The zero-order valence-electron chi connectivity index (χ0n) is 10.3. The van der Waals surface area contributed by atoms with Gasteiger partial charge in [0.25, 0.3) is 0 Å². The molecule has 2 heterocycles. The van der Waals surface area contributed by atoms with E-state index in [-0.39, 0.29) is 5.54 Å². The van der Waals surface area contributed by atoms with Crippen LogP contribution in [0.15, 0.2) is 0 Å². The monoisotopic (exact) mass is 208 g/mol. The fraction of sp³-hybridized carbons (Fsp3) is 0.727. The molecule has 0 saturated heterocycles. The lowest BCUT2D eigenvalue weighted by Crippen LogP contribution is -2.52. The topological polar surface area (TPSA) is 33.1 Å². The molecule has 0 unspecified atom stereocenters. The summed E-state index contributed by atoms with van der Waals surface area (Å²) in [6, 6.07) is 0. The van der Waals surface area contributed by atoms with Crippen LogP contribution in [0, 0.1) is 6.92 Å². The number of hydrogen-bond donors (Lipinski definition) is 1. The molecule has 0 amide bonds. The van der Waals surface area contributed by atoms with Gasteiger partial charge in [-0.3, -0.25) is 4.68 Å². The van der Waals surface area contributed by atoms with E-state index in [1.165, 1.54) is 11.5 Å². The third kappa shape index (κ3) is 1.39. The predicted molar refractivity (Wildman–Crippen MR) is 63.5 cm³/mol. The van der Waals surface area contributed by atoms with Crippen molar-refractivity contribution in [3.63, 3.8) is 0 Å². The van der Waals surface area contributed by atoms with Gasteiger partial charge in [-0.2, -0.15) is 5.10 Å². The molecule has 0 aliphatic carbocycles. The average Bonchev–Trinajstić information content (AvgIpc) is 2.41. The highest BCUT2D eigenvalue weighted by atomic mass is 15.4. The Hall–Kier alpha value is -1.19. The van der Waals surface area contributed by atoms with Crippen LogP contribution >= 0.6 is 0 Å². The van der Waals surface area contributed by atoms with Crippen molar-refractivity contribution in [2.24, 2.45) is 7.05 Å². The molecule has 1 aromatic heterocycles. The van der Waals surface area contributed by atoms with Crippen molar-refractivity contribution >= 4 is 11.5 Å². The van der Waals surface area contributed by atoms with Gasteiger partial charge in [-0.05, 0) is 27.7 Å². The molecule has 84 valence electrons. The molecule has 1 aromatic rings. The van der Waals surface area contributed by atoms with Gasteiger partial charge in [0.15, 0.2) is 5.82 Å². The van der Waals surface area contributed by atoms with Gasteiger partial charge in [-0.25, -0.2) is 0 Å². The third-order valence-electron chi connectivity index (χ3n) is 3.19. The second-order valence-electron chi connectivity index (χ2n) is 4.82. The molecule has 0 bridgehead atoms. The molecule has 15 heavy (non-hydrogen) atoms. The zero-order valence-corrected chi connectivity index (χ0v) is 10.3. The first-order valence-corrected chi connectivity index (χ1v) is 5.52. The summed E-state index contributed by atoms with van der Waals surface area (Å²) in [6.45, 7) is 10.8. The van der Waals surface area contributed by atoms with E-state index >= 15 is 0 Å². The summed E-state index contributed by atoms with van der Waals surface area (Å²) in [4.78, 5) is 2.42. The van der Waals surface area contributed by atoms with Crippen molar-refractivity contribution in [2.75, 3.05) is 23.3 Å². The van der Waals surface area contributed by atoms with Gasteiger partial charge >= 0.3 is 0 Å². The van der Waals surface area contributed by atoms with E-state index in [9.17, 15) is 0 Å². The maximum Gasteiger partial charge on any atom is 0.151 e. The Bertz CT molecular complexity index is 378. The molecule has 1 aliphatic heterocycles. The molecular weight excluding hydrogens is 188 g/mol. The Morgan fingerprint density at radius 3 is 2.73 bits per heavy atom. The molecule has 0 fully saturated rings. The molecule has 2 rings (SSSR count). The Kier molecular flexibility index (Phi) is 2.17. The fourth-order valence-corrected chi connectivity index (χ4v) is 2.43. The molecule has 0 radical (unpaired) electrons. The molecule has 4 nitrogen and oxygen atoms in total. The number of aryl methyl sites for hydroxylation is 2. The van der Waals surface area contributed by atoms with Crippen LogP contribution in [0.1, 0.15) is 26.5 Å². The van der Waals surface area contributed by atoms with E-state index in [4.69, 9.17) is 0 Å². The quantitative estimate of drug-likeness (QED) is 0.763. The molecule has 0 aromatic carbocycles. The summed E-state index contributed by atoms with van der Waals surface area (Å²) in [5.74, 6) is 1.21. The van der Waals surface area contributed by atoms with Crippen molar-refractivity contribution < 1.29 is 0 Å². The van der Waals surface area contributed by atoms with Crippen LogP contribution in [0.25, 0.3) is 0 Å². The van der Waals surface area contributed by atoms with Crippen LogP contribution in [-0.4, -0.2) is 28.4 Å². The maximum atomic E-state index is 4.47. The van der Waals surface area contributed by atoms with Gasteiger partial charge in [-0.15, -0.1) is 0 Å². The van der Waals surface area contributed by atoms with E-state index in [0.29, 0.717) is 0 Å². The number of nitrogens with zero attached hydrogens (tertiary/aromatic N) is 3. The molecule has 0 atom stereocenters. The Labute approximate surface area is 91.3 Å². The smallest absolute Gasteiger partial charge is 0.151 e. The second kappa shape index (κ2) is 3.15. The summed E-state index contributed by atoms with van der Waals surface area (Å²) in [5, 5.41) is 7.95. The van der Waals surface area contributed by atoms with E-state index in [2.05, 4.69) is 43.0 Å². The Balaban J connectivity index is 2.55. The van der Waals surface area contributed by atoms with Crippen molar-refractivity contribution in [1.29, 1.82) is 0 Å².